The molecule has 3 aromatic rings. The van der Waals surface area contributed by atoms with Gasteiger partial charge in [-0.2, -0.15) is 0 Å². The normalized spacial score (nSPS) is 14.1. The molecule has 0 radical (unpaired) electrons. The number of hydrogen-bond acceptors (Lipinski definition) is 4. The van der Waals surface area contributed by atoms with Crippen molar-refractivity contribution in [2.75, 3.05) is 36.5 Å². The van der Waals surface area contributed by atoms with Crippen molar-refractivity contribution in [1.82, 2.24) is 0 Å². The SMILES string of the molecule is O=C(Nc1ccccc1N1CCOCC1)c1ccc(-c2ccc(Cl)c(Cl)c2)o1. The number of carbonyl (C=O) groups excluding carboxylic acids is 1. The molecule has 2 aromatic carbocycles. The van der Waals surface area contributed by atoms with E-state index in [9.17, 15) is 4.79 Å². The van der Waals surface area contributed by atoms with Crippen LogP contribution in [0.25, 0.3) is 11.3 Å². The number of morpholine rings is 1. The molecule has 1 amide bonds. The number of benzene rings is 2. The molecule has 2 heterocycles. The van der Waals surface area contributed by atoms with Crippen LogP contribution in [0.5, 0.6) is 0 Å². The average Bonchev–Trinajstić information content (AvgIpc) is 3.22. The van der Waals surface area contributed by atoms with Gasteiger partial charge in [0.05, 0.1) is 34.6 Å². The van der Waals surface area contributed by atoms with Crippen LogP contribution in [0.3, 0.4) is 0 Å². The lowest BCUT2D eigenvalue weighted by atomic mass is 10.2. The van der Waals surface area contributed by atoms with Crippen molar-refractivity contribution in [2.45, 2.75) is 0 Å². The van der Waals surface area contributed by atoms with E-state index < -0.39 is 0 Å². The molecule has 28 heavy (non-hydrogen) atoms. The highest BCUT2D eigenvalue weighted by molar-refractivity contribution is 6.42. The zero-order chi connectivity index (χ0) is 19.5. The summed E-state index contributed by atoms with van der Waals surface area (Å²) in [5.74, 6) is 0.454. The highest BCUT2D eigenvalue weighted by Crippen LogP contribution is 2.31. The van der Waals surface area contributed by atoms with Crippen molar-refractivity contribution < 1.29 is 13.9 Å². The van der Waals surface area contributed by atoms with Gasteiger partial charge in [0.15, 0.2) is 5.76 Å². The maximum atomic E-state index is 12.7. The smallest absolute Gasteiger partial charge is 0.291 e. The predicted molar refractivity (Wildman–Crippen MR) is 112 cm³/mol. The van der Waals surface area contributed by atoms with Gasteiger partial charge in [0, 0.05) is 18.7 Å². The van der Waals surface area contributed by atoms with E-state index in [4.69, 9.17) is 32.4 Å². The van der Waals surface area contributed by atoms with Crippen molar-refractivity contribution >= 4 is 40.5 Å². The molecule has 0 saturated carbocycles. The fraction of sp³-hybridized carbons (Fsp3) is 0.190. The zero-order valence-electron chi connectivity index (χ0n) is 15.0. The van der Waals surface area contributed by atoms with E-state index in [1.54, 1.807) is 30.3 Å². The molecule has 0 unspecified atom stereocenters. The molecule has 0 bridgehead atoms. The molecule has 7 heteroatoms. The number of anilines is 2. The summed E-state index contributed by atoms with van der Waals surface area (Å²) in [6.45, 7) is 2.92. The van der Waals surface area contributed by atoms with Gasteiger partial charge < -0.3 is 19.4 Å². The number of amides is 1. The van der Waals surface area contributed by atoms with Gasteiger partial charge in [0.1, 0.15) is 5.76 Å². The third-order valence-corrected chi connectivity index (χ3v) is 5.28. The number of nitrogens with zero attached hydrogens (tertiary/aromatic N) is 1. The quantitative estimate of drug-likeness (QED) is 0.623. The minimum absolute atomic E-state index is 0.220. The first kappa shape index (κ1) is 18.9. The lowest BCUT2D eigenvalue weighted by molar-refractivity contribution is 0.0997. The summed E-state index contributed by atoms with van der Waals surface area (Å²) in [4.78, 5) is 14.9. The van der Waals surface area contributed by atoms with Crippen LogP contribution in [0, 0.1) is 0 Å². The first-order chi connectivity index (χ1) is 13.6. The van der Waals surface area contributed by atoms with Gasteiger partial charge in [-0.25, -0.2) is 0 Å². The summed E-state index contributed by atoms with van der Waals surface area (Å²) in [6, 6.07) is 16.3. The molecule has 1 aliphatic heterocycles. The maximum absolute atomic E-state index is 12.7. The van der Waals surface area contributed by atoms with Crippen LogP contribution in [0.4, 0.5) is 11.4 Å². The molecule has 1 N–H and O–H groups in total. The Bertz CT molecular complexity index is 997. The van der Waals surface area contributed by atoms with Crippen molar-refractivity contribution in [2.24, 2.45) is 0 Å². The van der Waals surface area contributed by atoms with Crippen molar-refractivity contribution in [1.29, 1.82) is 0 Å². The lowest BCUT2D eigenvalue weighted by Gasteiger charge is -2.30. The van der Waals surface area contributed by atoms with Crippen LogP contribution < -0.4 is 10.2 Å². The van der Waals surface area contributed by atoms with E-state index >= 15 is 0 Å². The van der Waals surface area contributed by atoms with Crippen LogP contribution in [0.15, 0.2) is 59.0 Å². The third-order valence-electron chi connectivity index (χ3n) is 4.54. The Morgan fingerprint density at radius 3 is 2.54 bits per heavy atom. The summed E-state index contributed by atoms with van der Waals surface area (Å²) < 4.78 is 11.1. The number of carbonyl (C=O) groups is 1. The first-order valence-corrected chi connectivity index (χ1v) is 9.66. The number of halogens is 2. The van der Waals surface area contributed by atoms with Crippen molar-refractivity contribution in [3.63, 3.8) is 0 Å². The van der Waals surface area contributed by atoms with E-state index in [0.717, 1.165) is 30.0 Å². The zero-order valence-corrected chi connectivity index (χ0v) is 16.5. The van der Waals surface area contributed by atoms with Crippen molar-refractivity contribution in [3.8, 4) is 11.3 Å². The fourth-order valence-electron chi connectivity index (χ4n) is 3.11. The Morgan fingerprint density at radius 2 is 1.75 bits per heavy atom. The van der Waals surface area contributed by atoms with Gasteiger partial charge in [-0.1, -0.05) is 35.3 Å². The minimum atomic E-state index is -0.313. The Labute approximate surface area is 172 Å². The number of rotatable bonds is 4. The Balaban J connectivity index is 1.53. The summed E-state index contributed by atoms with van der Waals surface area (Å²) in [5, 5.41) is 3.85. The summed E-state index contributed by atoms with van der Waals surface area (Å²) in [7, 11) is 0. The van der Waals surface area contributed by atoms with Crippen LogP contribution in [0.1, 0.15) is 10.6 Å². The molecule has 1 fully saturated rings. The molecule has 1 saturated heterocycles. The number of ether oxygens (including phenoxy) is 1. The standard InChI is InChI=1S/C21H18Cl2N2O3/c22-15-6-5-14(13-16(15)23)19-7-8-20(28-19)21(26)24-17-3-1-2-4-18(17)25-9-11-27-12-10-25/h1-8,13H,9-12H2,(H,24,26). The summed E-state index contributed by atoms with van der Waals surface area (Å²) in [5.41, 5.74) is 2.46. The van der Waals surface area contributed by atoms with Gasteiger partial charge in [-0.3, -0.25) is 4.79 Å². The highest BCUT2D eigenvalue weighted by Gasteiger charge is 2.18. The molecule has 0 atom stereocenters. The second-order valence-corrected chi connectivity index (χ2v) is 7.18. The van der Waals surface area contributed by atoms with Crippen LogP contribution in [-0.4, -0.2) is 32.2 Å². The van der Waals surface area contributed by atoms with Crippen LogP contribution >= 0.6 is 23.2 Å². The van der Waals surface area contributed by atoms with Gasteiger partial charge in [0.25, 0.3) is 5.91 Å². The number of furan rings is 1. The molecule has 4 rings (SSSR count). The second kappa shape index (κ2) is 8.27. The van der Waals surface area contributed by atoms with E-state index in [-0.39, 0.29) is 11.7 Å². The molecule has 1 aliphatic rings. The maximum Gasteiger partial charge on any atom is 0.291 e. The molecule has 0 aliphatic carbocycles. The van der Waals surface area contributed by atoms with Crippen LogP contribution in [0.2, 0.25) is 10.0 Å². The lowest BCUT2D eigenvalue weighted by Crippen LogP contribution is -2.36. The Morgan fingerprint density at radius 1 is 0.964 bits per heavy atom. The first-order valence-electron chi connectivity index (χ1n) is 8.90. The Hall–Kier alpha value is -2.47. The van der Waals surface area contributed by atoms with E-state index in [2.05, 4.69) is 10.2 Å². The third kappa shape index (κ3) is 4.02. The largest absolute Gasteiger partial charge is 0.451 e. The molecule has 144 valence electrons. The van der Waals surface area contributed by atoms with Gasteiger partial charge >= 0.3 is 0 Å². The second-order valence-electron chi connectivity index (χ2n) is 6.36. The molecule has 1 aromatic heterocycles. The topological polar surface area (TPSA) is 54.7 Å². The summed E-state index contributed by atoms with van der Waals surface area (Å²) in [6.07, 6.45) is 0. The fourth-order valence-corrected chi connectivity index (χ4v) is 3.41. The minimum Gasteiger partial charge on any atom is -0.451 e. The van der Waals surface area contributed by atoms with Crippen molar-refractivity contribution in [3.05, 3.63) is 70.4 Å². The van der Waals surface area contributed by atoms with Gasteiger partial charge in [-0.15, -0.1) is 0 Å². The molecule has 5 nitrogen and oxygen atoms in total. The number of para-hydroxylation sites is 2. The monoisotopic (exact) mass is 416 g/mol. The van der Waals surface area contributed by atoms with Gasteiger partial charge in [0.2, 0.25) is 0 Å². The van der Waals surface area contributed by atoms with Gasteiger partial charge in [-0.05, 0) is 42.5 Å². The average molecular weight is 417 g/mol. The Kier molecular flexibility index (Phi) is 5.57. The molecular formula is C21H18Cl2N2O3. The molecule has 0 spiro atoms. The predicted octanol–water partition coefficient (Wildman–Crippen LogP) is 5.34. The highest BCUT2D eigenvalue weighted by atomic mass is 35.5. The summed E-state index contributed by atoms with van der Waals surface area (Å²) >= 11 is 12.0. The number of hydrogen-bond donors (Lipinski definition) is 1. The van der Waals surface area contributed by atoms with Crippen LogP contribution in [-0.2, 0) is 4.74 Å². The van der Waals surface area contributed by atoms with E-state index in [0.29, 0.717) is 29.0 Å². The van der Waals surface area contributed by atoms with E-state index in [1.807, 2.05) is 24.3 Å². The van der Waals surface area contributed by atoms with E-state index in [1.165, 1.54) is 0 Å². The molecular weight excluding hydrogens is 399 g/mol. The number of nitrogens with one attached hydrogen (secondary N) is 1.